The number of rotatable bonds is 12. The maximum Gasteiger partial charge on any atom is 0.161 e. The van der Waals surface area contributed by atoms with Crippen LogP contribution in [0.4, 0.5) is 0 Å². The third kappa shape index (κ3) is 6.29. The molecule has 1 aliphatic rings. The molecule has 222 valence electrons. The van der Waals surface area contributed by atoms with Gasteiger partial charge in [0.25, 0.3) is 0 Å². The van der Waals surface area contributed by atoms with Gasteiger partial charge in [-0.15, -0.1) is 0 Å². The summed E-state index contributed by atoms with van der Waals surface area (Å²) in [7, 11) is 4.27. The Morgan fingerprint density at radius 3 is 2.15 bits per heavy atom. The third-order valence-electron chi connectivity index (χ3n) is 7.39. The van der Waals surface area contributed by atoms with Crippen LogP contribution in [0.25, 0.3) is 0 Å². The van der Waals surface area contributed by atoms with Crippen molar-refractivity contribution < 1.29 is 54.3 Å². The number of phenolic OH excluding ortho intramolecular Hbond substituents is 2. The summed E-state index contributed by atoms with van der Waals surface area (Å²) >= 11 is 0. The topological polar surface area (TPSA) is 168 Å². The third-order valence-corrected chi connectivity index (χ3v) is 7.39. The second-order valence-electron chi connectivity index (χ2n) is 9.93. The Balaban J connectivity index is 1.52. The number of benzene rings is 3. The number of phenols is 2. The van der Waals surface area contributed by atoms with Gasteiger partial charge in [0, 0.05) is 12.3 Å². The zero-order valence-electron chi connectivity index (χ0n) is 23.1. The average molecular weight is 573 g/mol. The van der Waals surface area contributed by atoms with E-state index in [-0.39, 0.29) is 48.4 Å². The molecule has 0 saturated carbocycles. The molecule has 0 radical (unpaired) electrons. The second-order valence-corrected chi connectivity index (χ2v) is 9.93. The molecule has 4 rings (SSSR count). The van der Waals surface area contributed by atoms with Crippen molar-refractivity contribution in [1.29, 1.82) is 0 Å². The minimum absolute atomic E-state index is 0.0294. The second kappa shape index (κ2) is 12.8. The quantitative estimate of drug-likeness (QED) is 0.188. The molecule has 11 nitrogen and oxygen atoms in total. The van der Waals surface area contributed by atoms with Crippen LogP contribution in [0.3, 0.4) is 0 Å². The maximum atomic E-state index is 11.6. The summed E-state index contributed by atoms with van der Waals surface area (Å²) in [6.07, 6.45) is -2.83. The molecule has 6 N–H and O–H groups in total. The minimum atomic E-state index is -1.42. The van der Waals surface area contributed by atoms with Crippen LogP contribution in [0.1, 0.15) is 28.9 Å². The Kier molecular flexibility index (Phi) is 9.46. The van der Waals surface area contributed by atoms with E-state index in [0.717, 1.165) is 0 Å². The van der Waals surface area contributed by atoms with E-state index in [0.29, 0.717) is 22.4 Å². The molecule has 0 spiro atoms. The predicted molar refractivity (Wildman–Crippen MR) is 147 cm³/mol. The molecule has 0 aliphatic carbocycles. The van der Waals surface area contributed by atoms with E-state index < -0.39 is 36.4 Å². The normalized spacial score (nSPS) is 21.7. The van der Waals surface area contributed by atoms with Gasteiger partial charge in [0.2, 0.25) is 0 Å². The maximum absolute atomic E-state index is 11.6. The lowest BCUT2D eigenvalue weighted by molar-refractivity contribution is -0.0151. The van der Waals surface area contributed by atoms with Gasteiger partial charge in [-0.3, -0.25) is 0 Å². The van der Waals surface area contributed by atoms with Crippen LogP contribution in [0.15, 0.2) is 54.6 Å². The Morgan fingerprint density at radius 2 is 1.51 bits per heavy atom. The summed E-state index contributed by atoms with van der Waals surface area (Å²) in [6, 6.07) is 14.1. The van der Waals surface area contributed by atoms with Crippen molar-refractivity contribution in [3.05, 3.63) is 71.3 Å². The SMILES string of the molecule is COc1cc([C@@H](O)[C@H](CO)Oc2ccc(C[C@@]3(O)CO[C@H](c4ccc(O)c(OC)c4)[C@H]3CO)cc2OC)ccc1O. The summed E-state index contributed by atoms with van der Waals surface area (Å²) in [5.74, 6) is 0.195. The zero-order valence-corrected chi connectivity index (χ0v) is 23.1. The molecule has 1 fully saturated rings. The number of aromatic hydroxyl groups is 2. The first-order valence-corrected chi connectivity index (χ1v) is 13.0. The molecule has 1 saturated heterocycles. The molecular weight excluding hydrogens is 536 g/mol. The molecule has 41 heavy (non-hydrogen) atoms. The first-order valence-electron chi connectivity index (χ1n) is 13.0. The molecular formula is C30H36O11. The first-order chi connectivity index (χ1) is 19.7. The van der Waals surface area contributed by atoms with E-state index in [1.54, 1.807) is 30.3 Å². The van der Waals surface area contributed by atoms with Crippen LogP contribution in [0, 0.1) is 5.92 Å². The molecule has 1 heterocycles. The fourth-order valence-corrected chi connectivity index (χ4v) is 5.12. The Bertz CT molecular complexity index is 1330. The van der Waals surface area contributed by atoms with E-state index in [4.69, 9.17) is 23.7 Å². The molecule has 0 amide bonds. The van der Waals surface area contributed by atoms with Crippen molar-refractivity contribution in [2.45, 2.75) is 30.3 Å². The summed E-state index contributed by atoms with van der Waals surface area (Å²) in [5.41, 5.74) is 0.274. The van der Waals surface area contributed by atoms with Crippen LogP contribution in [-0.4, -0.2) is 83.5 Å². The molecule has 3 aromatic rings. The van der Waals surface area contributed by atoms with Crippen molar-refractivity contribution in [2.24, 2.45) is 5.92 Å². The number of hydrogen-bond donors (Lipinski definition) is 6. The number of aliphatic hydroxyl groups excluding tert-OH is 3. The predicted octanol–water partition coefficient (Wildman–Crippen LogP) is 2.25. The van der Waals surface area contributed by atoms with Crippen molar-refractivity contribution in [2.75, 3.05) is 41.2 Å². The molecule has 11 heteroatoms. The van der Waals surface area contributed by atoms with E-state index >= 15 is 0 Å². The van der Waals surface area contributed by atoms with Gasteiger partial charge in [-0.25, -0.2) is 0 Å². The van der Waals surface area contributed by atoms with Crippen molar-refractivity contribution in [3.8, 4) is 34.5 Å². The highest BCUT2D eigenvalue weighted by atomic mass is 16.5. The standard InChI is InChI=1S/C30H36O11/c1-37-24-11-18(5-7-21(24)33)28(35)27(15-32)41-23-9-4-17(10-26(23)39-3)13-30(36)16-40-29(20(30)14-31)19-6-8-22(34)25(12-19)38-2/h4-12,20,27-29,31-36H,13-16H2,1-3H3/t20-,27+,28-,29-,30-/m1/s1. The van der Waals surface area contributed by atoms with Crippen LogP contribution in [-0.2, 0) is 11.2 Å². The lowest BCUT2D eigenvalue weighted by atomic mass is 9.80. The van der Waals surface area contributed by atoms with Crippen LogP contribution < -0.4 is 18.9 Å². The zero-order chi connectivity index (χ0) is 29.7. The molecule has 1 aliphatic heterocycles. The van der Waals surface area contributed by atoms with Crippen LogP contribution in [0.5, 0.6) is 34.5 Å². The molecule has 0 bridgehead atoms. The lowest BCUT2D eigenvalue weighted by Gasteiger charge is -2.30. The van der Waals surface area contributed by atoms with Gasteiger partial charge in [0.1, 0.15) is 6.10 Å². The smallest absolute Gasteiger partial charge is 0.161 e. The van der Waals surface area contributed by atoms with Gasteiger partial charge in [0.15, 0.2) is 40.6 Å². The van der Waals surface area contributed by atoms with E-state index in [1.807, 2.05) is 0 Å². The number of aliphatic hydroxyl groups is 4. The number of ether oxygens (including phenoxy) is 5. The highest BCUT2D eigenvalue weighted by Crippen LogP contribution is 2.45. The molecule has 0 aromatic heterocycles. The lowest BCUT2D eigenvalue weighted by Crippen LogP contribution is -2.41. The first kappa shape index (κ1) is 30.2. The molecule has 3 aromatic carbocycles. The molecule has 0 unspecified atom stereocenters. The fourth-order valence-electron chi connectivity index (χ4n) is 5.12. The summed E-state index contributed by atoms with van der Waals surface area (Å²) in [6.45, 7) is -0.906. The average Bonchev–Trinajstić information content (AvgIpc) is 3.31. The largest absolute Gasteiger partial charge is 0.504 e. The van der Waals surface area contributed by atoms with Crippen molar-refractivity contribution >= 4 is 0 Å². The Hall–Kier alpha value is -3.74. The number of methoxy groups -OCH3 is 3. The Morgan fingerprint density at radius 1 is 0.854 bits per heavy atom. The van der Waals surface area contributed by atoms with Crippen molar-refractivity contribution in [1.82, 2.24) is 0 Å². The minimum Gasteiger partial charge on any atom is -0.504 e. The number of hydrogen-bond acceptors (Lipinski definition) is 11. The highest BCUT2D eigenvalue weighted by molar-refractivity contribution is 5.46. The van der Waals surface area contributed by atoms with Gasteiger partial charge < -0.3 is 54.3 Å². The van der Waals surface area contributed by atoms with Gasteiger partial charge >= 0.3 is 0 Å². The van der Waals surface area contributed by atoms with Crippen LogP contribution in [0.2, 0.25) is 0 Å². The van der Waals surface area contributed by atoms with Gasteiger partial charge in [0.05, 0.1) is 52.9 Å². The fraction of sp³-hybridized carbons (Fsp3) is 0.400. The Labute approximate surface area is 237 Å². The summed E-state index contributed by atoms with van der Waals surface area (Å²) in [4.78, 5) is 0. The van der Waals surface area contributed by atoms with Crippen LogP contribution >= 0.6 is 0 Å². The van der Waals surface area contributed by atoms with Gasteiger partial charge in [-0.05, 0) is 53.1 Å². The van der Waals surface area contributed by atoms with E-state index in [9.17, 15) is 30.6 Å². The summed E-state index contributed by atoms with van der Waals surface area (Å²) < 4.78 is 27.6. The highest BCUT2D eigenvalue weighted by Gasteiger charge is 2.49. The molecule has 5 atom stereocenters. The van der Waals surface area contributed by atoms with Gasteiger partial charge in [-0.2, -0.15) is 0 Å². The van der Waals surface area contributed by atoms with Gasteiger partial charge in [-0.1, -0.05) is 18.2 Å². The summed E-state index contributed by atoms with van der Waals surface area (Å²) in [5, 5.41) is 62.4. The van der Waals surface area contributed by atoms with E-state index in [2.05, 4.69) is 0 Å². The van der Waals surface area contributed by atoms with E-state index in [1.165, 1.54) is 45.6 Å². The monoisotopic (exact) mass is 572 g/mol. The van der Waals surface area contributed by atoms with Crippen molar-refractivity contribution in [3.63, 3.8) is 0 Å².